The molecule has 1 rings (SSSR count). The van der Waals surface area contributed by atoms with Crippen molar-refractivity contribution < 1.29 is 4.79 Å². The molecule has 0 aromatic carbocycles. The summed E-state index contributed by atoms with van der Waals surface area (Å²) in [5, 5.41) is 3.32. The molecule has 1 aromatic rings. The number of hydrogen-bond donors (Lipinski definition) is 2. The molecule has 0 fully saturated rings. The summed E-state index contributed by atoms with van der Waals surface area (Å²) in [6.07, 6.45) is 6.08. The highest BCUT2D eigenvalue weighted by atomic mass is 32.1. The van der Waals surface area contributed by atoms with Gasteiger partial charge in [-0.1, -0.05) is 24.2 Å². The molecule has 6 heteroatoms. The van der Waals surface area contributed by atoms with E-state index in [0.717, 1.165) is 18.1 Å². The fraction of sp³-hybridized carbons (Fsp3) is 0.455. The highest BCUT2D eigenvalue weighted by Crippen LogP contribution is 2.27. The first-order valence-electron chi connectivity index (χ1n) is 5.29. The SMILES string of the molecule is C#CCNC(=O)c1sc(N(C)CCC)nc1N. The van der Waals surface area contributed by atoms with Crippen molar-refractivity contribution in [3.8, 4) is 12.3 Å². The molecule has 0 bridgehead atoms. The van der Waals surface area contributed by atoms with Gasteiger partial charge in [0, 0.05) is 13.6 Å². The Morgan fingerprint density at radius 2 is 2.41 bits per heavy atom. The van der Waals surface area contributed by atoms with E-state index in [4.69, 9.17) is 12.2 Å². The molecule has 1 heterocycles. The molecular formula is C11H16N4OS. The molecule has 0 atom stereocenters. The van der Waals surface area contributed by atoms with Crippen LogP contribution in [0.5, 0.6) is 0 Å². The van der Waals surface area contributed by atoms with Crippen molar-refractivity contribution in [2.75, 3.05) is 30.8 Å². The van der Waals surface area contributed by atoms with Crippen LogP contribution < -0.4 is 16.0 Å². The largest absolute Gasteiger partial charge is 0.382 e. The van der Waals surface area contributed by atoms with Crippen LogP contribution in [0.15, 0.2) is 0 Å². The maximum atomic E-state index is 11.7. The predicted molar refractivity (Wildman–Crippen MR) is 71.3 cm³/mol. The Bertz CT molecular complexity index is 435. The van der Waals surface area contributed by atoms with Crippen molar-refractivity contribution in [2.24, 2.45) is 0 Å². The van der Waals surface area contributed by atoms with Gasteiger partial charge in [-0.2, -0.15) is 0 Å². The summed E-state index contributed by atoms with van der Waals surface area (Å²) in [6.45, 7) is 3.14. The van der Waals surface area contributed by atoms with E-state index < -0.39 is 0 Å². The van der Waals surface area contributed by atoms with Crippen molar-refractivity contribution in [1.29, 1.82) is 0 Å². The highest BCUT2D eigenvalue weighted by Gasteiger charge is 2.17. The van der Waals surface area contributed by atoms with Gasteiger partial charge in [-0.25, -0.2) is 4.98 Å². The molecule has 3 N–H and O–H groups in total. The summed E-state index contributed by atoms with van der Waals surface area (Å²) in [4.78, 5) is 18.2. The van der Waals surface area contributed by atoms with Crippen LogP contribution in [0.4, 0.5) is 10.9 Å². The van der Waals surface area contributed by atoms with Crippen LogP contribution in [0.25, 0.3) is 0 Å². The Hall–Kier alpha value is -1.74. The van der Waals surface area contributed by atoms with Crippen molar-refractivity contribution in [1.82, 2.24) is 10.3 Å². The number of nitrogens with one attached hydrogen (secondary N) is 1. The van der Waals surface area contributed by atoms with Crippen LogP contribution in [-0.2, 0) is 0 Å². The second-order valence-electron chi connectivity index (χ2n) is 3.52. The van der Waals surface area contributed by atoms with E-state index in [2.05, 4.69) is 23.1 Å². The number of nitrogen functional groups attached to an aromatic ring is 1. The average molecular weight is 252 g/mol. The number of amides is 1. The Morgan fingerprint density at radius 3 is 3.00 bits per heavy atom. The number of hydrogen-bond acceptors (Lipinski definition) is 5. The van der Waals surface area contributed by atoms with E-state index in [1.807, 2.05) is 11.9 Å². The average Bonchev–Trinajstić information content (AvgIpc) is 2.68. The van der Waals surface area contributed by atoms with Crippen LogP contribution >= 0.6 is 11.3 Å². The van der Waals surface area contributed by atoms with Crippen molar-refractivity contribution in [2.45, 2.75) is 13.3 Å². The number of aromatic nitrogens is 1. The van der Waals surface area contributed by atoms with Gasteiger partial charge in [0.2, 0.25) is 0 Å². The summed E-state index contributed by atoms with van der Waals surface area (Å²) in [6, 6.07) is 0. The van der Waals surface area contributed by atoms with Gasteiger partial charge in [0.05, 0.1) is 6.54 Å². The first kappa shape index (κ1) is 13.3. The number of terminal acetylenes is 1. The van der Waals surface area contributed by atoms with Gasteiger partial charge in [0.15, 0.2) is 5.13 Å². The number of nitrogens with zero attached hydrogens (tertiary/aromatic N) is 2. The van der Waals surface area contributed by atoms with Crippen LogP contribution in [0.3, 0.4) is 0 Å². The van der Waals surface area contributed by atoms with Crippen LogP contribution in [0, 0.1) is 12.3 Å². The maximum absolute atomic E-state index is 11.7. The third-order valence-corrected chi connectivity index (χ3v) is 3.27. The number of carbonyl (C=O) groups excluding carboxylic acids is 1. The van der Waals surface area contributed by atoms with Crippen molar-refractivity contribution >= 4 is 28.2 Å². The van der Waals surface area contributed by atoms with Crippen LogP contribution in [0.1, 0.15) is 23.0 Å². The minimum Gasteiger partial charge on any atom is -0.382 e. The summed E-state index contributed by atoms with van der Waals surface area (Å²) < 4.78 is 0. The lowest BCUT2D eigenvalue weighted by molar-refractivity contribution is 0.0963. The van der Waals surface area contributed by atoms with Gasteiger partial charge < -0.3 is 16.0 Å². The van der Waals surface area contributed by atoms with Gasteiger partial charge in [-0.3, -0.25) is 4.79 Å². The topological polar surface area (TPSA) is 71.2 Å². The van der Waals surface area contributed by atoms with Crippen LogP contribution in [0.2, 0.25) is 0 Å². The van der Waals surface area contributed by atoms with Crippen molar-refractivity contribution in [3.63, 3.8) is 0 Å². The summed E-state index contributed by atoms with van der Waals surface area (Å²) in [5.41, 5.74) is 5.71. The lowest BCUT2D eigenvalue weighted by atomic mass is 10.4. The second-order valence-corrected chi connectivity index (χ2v) is 4.50. The van der Waals surface area contributed by atoms with Crippen LogP contribution in [-0.4, -0.2) is 31.0 Å². The molecule has 0 saturated carbocycles. The lowest BCUT2D eigenvalue weighted by Gasteiger charge is -2.13. The van der Waals surface area contributed by atoms with Gasteiger partial charge >= 0.3 is 0 Å². The Morgan fingerprint density at radius 1 is 1.71 bits per heavy atom. The van der Waals surface area contributed by atoms with Gasteiger partial charge in [0.1, 0.15) is 10.7 Å². The zero-order chi connectivity index (χ0) is 12.8. The lowest BCUT2D eigenvalue weighted by Crippen LogP contribution is -2.23. The molecule has 0 saturated heterocycles. The van der Waals surface area contributed by atoms with E-state index in [0.29, 0.717) is 4.88 Å². The summed E-state index contributed by atoms with van der Waals surface area (Å²) >= 11 is 1.28. The number of anilines is 2. The molecule has 5 nitrogen and oxygen atoms in total. The smallest absolute Gasteiger partial charge is 0.266 e. The van der Waals surface area contributed by atoms with Crippen molar-refractivity contribution in [3.05, 3.63) is 4.88 Å². The normalized spacial score (nSPS) is 9.71. The minimum absolute atomic E-state index is 0.191. The zero-order valence-corrected chi connectivity index (χ0v) is 10.8. The number of carbonyl (C=O) groups is 1. The summed E-state index contributed by atoms with van der Waals surface area (Å²) in [5.74, 6) is 2.32. The standard InChI is InChI=1S/C11H16N4OS/c1-4-6-13-10(16)8-9(12)14-11(17-8)15(3)7-5-2/h1H,5-7,12H2,2-3H3,(H,13,16). The Labute approximate surface area is 105 Å². The zero-order valence-electron chi connectivity index (χ0n) is 9.99. The fourth-order valence-electron chi connectivity index (χ4n) is 1.29. The molecule has 92 valence electrons. The van der Waals surface area contributed by atoms with E-state index in [-0.39, 0.29) is 18.3 Å². The molecular weight excluding hydrogens is 236 g/mol. The molecule has 1 amide bonds. The van der Waals surface area contributed by atoms with E-state index in [1.54, 1.807) is 0 Å². The molecule has 0 aliphatic rings. The van der Waals surface area contributed by atoms with Gasteiger partial charge in [0.25, 0.3) is 5.91 Å². The molecule has 0 unspecified atom stereocenters. The maximum Gasteiger partial charge on any atom is 0.266 e. The molecule has 0 radical (unpaired) electrons. The quantitative estimate of drug-likeness (QED) is 0.765. The number of thiazole rings is 1. The highest BCUT2D eigenvalue weighted by molar-refractivity contribution is 7.18. The molecule has 0 aliphatic carbocycles. The number of rotatable bonds is 5. The van der Waals surface area contributed by atoms with Gasteiger partial charge in [-0.05, 0) is 6.42 Å². The molecule has 17 heavy (non-hydrogen) atoms. The third-order valence-electron chi connectivity index (χ3n) is 2.08. The van der Waals surface area contributed by atoms with E-state index in [1.165, 1.54) is 11.3 Å². The second kappa shape index (κ2) is 6.11. The molecule has 0 spiro atoms. The first-order valence-corrected chi connectivity index (χ1v) is 6.10. The van der Waals surface area contributed by atoms with Gasteiger partial charge in [-0.15, -0.1) is 6.42 Å². The van der Waals surface area contributed by atoms with E-state index in [9.17, 15) is 4.79 Å². The monoisotopic (exact) mass is 252 g/mol. The number of nitrogens with two attached hydrogens (primary N) is 1. The third kappa shape index (κ3) is 3.36. The Balaban J connectivity index is 2.81. The molecule has 1 aromatic heterocycles. The fourth-order valence-corrected chi connectivity index (χ4v) is 2.18. The van der Waals surface area contributed by atoms with E-state index >= 15 is 0 Å². The minimum atomic E-state index is -0.269. The predicted octanol–water partition coefficient (Wildman–Crippen LogP) is 0.934. The first-order chi connectivity index (χ1) is 8.10. The Kier molecular flexibility index (Phi) is 4.79. The molecule has 0 aliphatic heterocycles. The summed E-state index contributed by atoms with van der Waals surface area (Å²) in [7, 11) is 1.92.